The molecule has 7 fully saturated rings. The summed E-state index contributed by atoms with van der Waals surface area (Å²) in [5, 5.41) is 22.2. The van der Waals surface area contributed by atoms with Crippen LogP contribution in [0.5, 0.6) is 0 Å². The molecule has 2 atom stereocenters. The maximum absolute atomic E-state index is 14.0. The summed E-state index contributed by atoms with van der Waals surface area (Å²) in [5.41, 5.74) is 1.70. The second kappa shape index (κ2) is 14.7. The fraction of sp³-hybridized carbons (Fsp3) is 0.605. The molecule has 4 amide bonds. The molecule has 2 saturated heterocycles. The van der Waals surface area contributed by atoms with Crippen LogP contribution in [-0.2, 0) is 19.2 Å². The van der Waals surface area contributed by atoms with E-state index in [0.717, 1.165) is 75.8 Å². The van der Waals surface area contributed by atoms with Crippen molar-refractivity contribution >= 4 is 46.8 Å². The summed E-state index contributed by atoms with van der Waals surface area (Å²) in [6, 6.07) is 13.2. The molecular weight excluding hydrogens is 830 g/mol. The zero-order chi connectivity index (χ0) is 44.1. The van der Waals surface area contributed by atoms with Crippen molar-refractivity contribution in [3.8, 4) is 6.07 Å². The molecule has 1 unspecified atom stereocenters. The van der Waals surface area contributed by atoms with Crippen LogP contribution >= 0.6 is 0 Å². The monoisotopic (exact) mass is 875 g/mol. The number of rotatable bonds is 8. The number of halogens is 5. The van der Waals surface area contributed by atoms with Crippen LogP contribution < -0.4 is 10.6 Å². The highest BCUT2D eigenvalue weighted by Crippen LogP contribution is 2.53. The second-order valence-corrected chi connectivity index (χ2v) is 19.1. The van der Waals surface area contributed by atoms with E-state index in [-0.39, 0.29) is 52.8 Å². The van der Waals surface area contributed by atoms with E-state index < -0.39 is 54.0 Å². The molecule has 0 bridgehead atoms. The van der Waals surface area contributed by atoms with E-state index in [1.165, 1.54) is 0 Å². The van der Waals surface area contributed by atoms with Crippen LogP contribution in [-0.4, -0.2) is 106 Å². The number of nitriles is 1. The number of pyridine rings is 2. The van der Waals surface area contributed by atoms with Gasteiger partial charge in [-0.1, -0.05) is 12.1 Å². The van der Waals surface area contributed by atoms with Gasteiger partial charge in [0.2, 0.25) is 29.6 Å². The molecule has 5 saturated carbocycles. The summed E-state index contributed by atoms with van der Waals surface area (Å²) in [7, 11) is 0. The molecule has 2 aliphatic heterocycles. The zero-order valence-corrected chi connectivity index (χ0v) is 34.3. The first-order valence-electron chi connectivity index (χ1n) is 21.7. The van der Waals surface area contributed by atoms with Gasteiger partial charge in [-0.15, -0.1) is 10.2 Å². The van der Waals surface area contributed by atoms with Gasteiger partial charge in [0.05, 0.1) is 6.07 Å². The van der Waals surface area contributed by atoms with Crippen LogP contribution in [0.3, 0.4) is 0 Å². The van der Waals surface area contributed by atoms with Crippen molar-refractivity contribution in [3.63, 3.8) is 0 Å². The number of likely N-dealkylation sites (tertiary alicyclic amines) is 2. The highest BCUT2D eigenvalue weighted by molar-refractivity contribution is 5.94. The number of amides is 4. The SMILES string of the molecule is N#CCC(=O)N1CC2(CCC(c3cccc4nc(NC(=O)C5CC5(F)F)nn34)CC2)C1.O=C(Nc1nc2cccc(C3CCC4(CC3)CN(C(=O)C3(F)CC3)C4)n2n1)[C@@H]1CC1(F)F. The van der Waals surface area contributed by atoms with E-state index in [1.807, 2.05) is 30.3 Å². The first-order valence-corrected chi connectivity index (χ1v) is 21.7. The standard InChI is InChI=1S/C22H24F3N5O2.C21H22F2N6O2/c23-21(8-9-21)18(32)29-11-20(12-29)6-4-13(5-7-20)15-2-1-3-16-26-19(28-30(15)16)27-17(31)14-10-22(14,24)25;22-21(23)10-14(21)18(31)26-19-25-16-3-1-2-15(29(16)27-19)13-4-7-20(8-5-13)11-28(12-20)17(30)6-9-24/h1-3,13-14H,4-12H2,(H,27,28,31);1-3,13-14H,4-8,10-12H2,(H,26,27,31)/t14-;/m0./s1. The van der Waals surface area contributed by atoms with E-state index in [1.54, 1.807) is 31.0 Å². The number of hydrogen-bond acceptors (Lipinski definition) is 9. The molecular formula is C43H46F5N11O4. The van der Waals surface area contributed by atoms with E-state index in [9.17, 15) is 41.1 Å². The van der Waals surface area contributed by atoms with Crippen molar-refractivity contribution in [2.24, 2.45) is 22.7 Å². The average Bonchev–Trinajstić information content (AvgIpc) is 4.15. The molecule has 11 rings (SSSR count). The van der Waals surface area contributed by atoms with Crippen LogP contribution in [0.25, 0.3) is 11.3 Å². The molecule has 15 nitrogen and oxygen atoms in total. The van der Waals surface area contributed by atoms with Gasteiger partial charge in [-0.25, -0.2) is 31.0 Å². The molecule has 4 aromatic rings. The maximum Gasteiger partial charge on any atom is 0.260 e. The number of fused-ring (bicyclic) bond motifs is 2. The highest BCUT2D eigenvalue weighted by atomic mass is 19.3. The highest BCUT2D eigenvalue weighted by Gasteiger charge is 2.62. The third kappa shape index (κ3) is 7.74. The van der Waals surface area contributed by atoms with Crippen molar-refractivity contribution in [3.05, 3.63) is 47.8 Å². The van der Waals surface area contributed by atoms with Crippen LogP contribution in [0.15, 0.2) is 36.4 Å². The summed E-state index contributed by atoms with van der Waals surface area (Å²) in [5.74, 6) is -9.82. The minimum Gasteiger partial charge on any atom is -0.341 e. The summed E-state index contributed by atoms with van der Waals surface area (Å²) >= 11 is 0. The molecule has 5 aliphatic carbocycles. The third-order valence-electron chi connectivity index (χ3n) is 14.5. The lowest BCUT2D eigenvalue weighted by Crippen LogP contribution is -2.61. The van der Waals surface area contributed by atoms with Crippen molar-refractivity contribution < 1.29 is 41.1 Å². The molecule has 20 heteroatoms. The number of carbonyl (C=O) groups excluding carboxylic acids is 4. The van der Waals surface area contributed by atoms with E-state index in [0.29, 0.717) is 37.2 Å². The molecule has 2 spiro atoms. The van der Waals surface area contributed by atoms with Gasteiger partial charge in [-0.3, -0.25) is 29.8 Å². The minimum absolute atomic E-state index is 0.0332. The molecule has 2 N–H and O–H groups in total. The Balaban J connectivity index is 0.000000150. The Kier molecular flexibility index (Phi) is 9.60. The number of alkyl halides is 5. The first-order chi connectivity index (χ1) is 30.0. The molecule has 332 valence electrons. The number of anilines is 2. The van der Waals surface area contributed by atoms with Gasteiger partial charge in [0, 0.05) is 73.1 Å². The van der Waals surface area contributed by atoms with Gasteiger partial charge in [0.15, 0.2) is 17.0 Å². The summed E-state index contributed by atoms with van der Waals surface area (Å²) in [4.78, 5) is 60.0. The largest absolute Gasteiger partial charge is 0.341 e. The molecule has 6 heterocycles. The Morgan fingerprint density at radius 1 is 0.651 bits per heavy atom. The quantitative estimate of drug-likeness (QED) is 0.200. The smallest absolute Gasteiger partial charge is 0.260 e. The number of nitrogens with one attached hydrogen (secondary N) is 2. The third-order valence-corrected chi connectivity index (χ3v) is 14.5. The van der Waals surface area contributed by atoms with Crippen LogP contribution in [0, 0.1) is 34.0 Å². The predicted molar refractivity (Wildman–Crippen MR) is 213 cm³/mol. The normalized spacial score (nSPS) is 26.4. The Morgan fingerprint density at radius 3 is 1.44 bits per heavy atom. The summed E-state index contributed by atoms with van der Waals surface area (Å²) in [6.45, 7) is 2.71. The minimum atomic E-state index is -2.93. The van der Waals surface area contributed by atoms with Crippen LogP contribution in [0.2, 0.25) is 0 Å². The molecule has 4 aromatic heterocycles. The molecule has 7 aliphatic rings. The number of hydrogen-bond donors (Lipinski definition) is 2. The van der Waals surface area contributed by atoms with Gasteiger partial charge < -0.3 is 9.80 Å². The van der Waals surface area contributed by atoms with Gasteiger partial charge >= 0.3 is 0 Å². The Morgan fingerprint density at radius 2 is 1.06 bits per heavy atom. The second-order valence-electron chi connectivity index (χ2n) is 19.1. The van der Waals surface area contributed by atoms with Crippen molar-refractivity contribution in [2.75, 3.05) is 36.8 Å². The van der Waals surface area contributed by atoms with Crippen LogP contribution in [0.1, 0.15) is 107 Å². The Hall–Kier alpha value is -5.74. The van der Waals surface area contributed by atoms with Gasteiger partial charge in [-0.2, -0.15) is 15.2 Å². The van der Waals surface area contributed by atoms with Gasteiger partial charge in [0.1, 0.15) is 18.3 Å². The number of nitrogens with zero attached hydrogens (tertiary/aromatic N) is 9. The van der Waals surface area contributed by atoms with Crippen molar-refractivity contribution in [2.45, 2.75) is 113 Å². The van der Waals surface area contributed by atoms with E-state index in [2.05, 4.69) is 30.8 Å². The van der Waals surface area contributed by atoms with Crippen LogP contribution in [0.4, 0.5) is 33.8 Å². The predicted octanol–water partition coefficient (Wildman–Crippen LogP) is 6.03. The average molecular weight is 876 g/mol. The zero-order valence-electron chi connectivity index (χ0n) is 34.3. The molecule has 0 radical (unpaired) electrons. The maximum atomic E-state index is 14.0. The molecule has 0 aromatic carbocycles. The van der Waals surface area contributed by atoms with E-state index >= 15 is 0 Å². The fourth-order valence-corrected chi connectivity index (χ4v) is 10.3. The van der Waals surface area contributed by atoms with E-state index in [4.69, 9.17) is 5.26 Å². The Labute approximate surface area is 357 Å². The van der Waals surface area contributed by atoms with Gasteiger partial charge in [0.25, 0.3) is 17.8 Å². The lowest BCUT2D eigenvalue weighted by atomic mass is 9.65. The van der Waals surface area contributed by atoms with Crippen molar-refractivity contribution in [1.82, 2.24) is 39.0 Å². The van der Waals surface area contributed by atoms with Gasteiger partial charge in [-0.05, 0) is 88.5 Å². The topological polar surface area (TPSA) is 183 Å². The Bertz CT molecular complexity index is 2550. The number of aromatic nitrogens is 6. The molecule has 63 heavy (non-hydrogen) atoms. The first kappa shape index (κ1) is 41.3. The van der Waals surface area contributed by atoms with Crippen molar-refractivity contribution in [1.29, 1.82) is 5.26 Å². The summed E-state index contributed by atoms with van der Waals surface area (Å²) < 4.78 is 69.9. The fourth-order valence-electron chi connectivity index (χ4n) is 10.3. The number of carbonyl (C=O) groups is 4. The lowest BCUT2D eigenvalue weighted by molar-refractivity contribution is -0.153. The summed E-state index contributed by atoms with van der Waals surface area (Å²) in [6.07, 6.45) is 7.36. The lowest BCUT2D eigenvalue weighted by Gasteiger charge is -2.53.